The lowest BCUT2D eigenvalue weighted by atomic mass is 9.76. The molecule has 2 aromatic rings. The lowest BCUT2D eigenvalue weighted by Crippen LogP contribution is -2.56. The summed E-state index contributed by atoms with van der Waals surface area (Å²) in [6.07, 6.45) is 10.9. The highest BCUT2D eigenvalue weighted by Crippen LogP contribution is 2.44. The summed E-state index contributed by atoms with van der Waals surface area (Å²) in [6.45, 7) is 4.38. The van der Waals surface area contributed by atoms with Gasteiger partial charge in [-0.15, -0.1) is 0 Å². The molecule has 1 unspecified atom stereocenters. The predicted molar refractivity (Wildman–Crippen MR) is 134 cm³/mol. The minimum absolute atomic E-state index is 0.0724. The molecule has 36 heavy (non-hydrogen) atoms. The van der Waals surface area contributed by atoms with E-state index in [0.717, 1.165) is 56.6 Å². The summed E-state index contributed by atoms with van der Waals surface area (Å²) in [5.41, 5.74) is 0.564. The van der Waals surface area contributed by atoms with Crippen LogP contribution in [0.3, 0.4) is 0 Å². The number of pyridine rings is 1. The average Bonchev–Trinajstić information content (AvgIpc) is 3.66. The lowest BCUT2D eigenvalue weighted by molar-refractivity contribution is -0.140. The Hall–Kier alpha value is -3.27. The third-order valence-electron chi connectivity index (χ3n) is 8.00. The molecule has 1 spiro atoms. The fourth-order valence-corrected chi connectivity index (χ4v) is 6.02. The number of carbonyl (C=O) groups excluding carboxylic acids is 2. The van der Waals surface area contributed by atoms with Gasteiger partial charge in [-0.1, -0.05) is 12.8 Å². The van der Waals surface area contributed by atoms with Crippen LogP contribution in [0, 0.1) is 5.41 Å². The van der Waals surface area contributed by atoms with Crippen molar-refractivity contribution >= 4 is 29.3 Å². The van der Waals surface area contributed by atoms with Crippen molar-refractivity contribution in [3.8, 4) is 5.88 Å². The zero-order valence-corrected chi connectivity index (χ0v) is 20.5. The third-order valence-corrected chi connectivity index (χ3v) is 8.00. The van der Waals surface area contributed by atoms with Gasteiger partial charge in [-0.25, -0.2) is 9.97 Å². The van der Waals surface area contributed by atoms with Crippen LogP contribution in [0.2, 0.25) is 0 Å². The van der Waals surface area contributed by atoms with Gasteiger partial charge >= 0.3 is 0 Å². The number of hydrogen-bond acceptors (Lipinski definition) is 8. The van der Waals surface area contributed by atoms with Crippen molar-refractivity contribution < 1.29 is 14.3 Å². The number of nitrogens with one attached hydrogen (secondary N) is 2. The molecule has 190 valence electrons. The van der Waals surface area contributed by atoms with Crippen molar-refractivity contribution in [3.05, 3.63) is 30.1 Å². The summed E-state index contributed by atoms with van der Waals surface area (Å²) in [5.74, 6) is 1.34. The largest absolute Gasteiger partial charge is 0.476 e. The first kappa shape index (κ1) is 23.1. The van der Waals surface area contributed by atoms with Crippen molar-refractivity contribution in [2.75, 3.05) is 43.0 Å². The molecule has 10 heteroatoms. The summed E-state index contributed by atoms with van der Waals surface area (Å²) in [6, 6.07) is 3.79. The zero-order chi connectivity index (χ0) is 24.5. The predicted octanol–water partition coefficient (Wildman–Crippen LogP) is 2.43. The molecule has 3 aliphatic heterocycles. The fourth-order valence-electron chi connectivity index (χ4n) is 6.02. The highest BCUT2D eigenvalue weighted by atomic mass is 16.5. The van der Waals surface area contributed by atoms with Gasteiger partial charge in [-0.2, -0.15) is 4.98 Å². The van der Waals surface area contributed by atoms with Crippen LogP contribution in [0.4, 0.5) is 17.5 Å². The molecule has 2 N–H and O–H groups in total. The number of rotatable bonds is 7. The van der Waals surface area contributed by atoms with Gasteiger partial charge in [0.2, 0.25) is 23.6 Å². The first-order valence-electron chi connectivity index (χ1n) is 13.2. The Bertz CT molecular complexity index is 1130. The fraction of sp³-hybridized carbons (Fsp3) is 0.577. The van der Waals surface area contributed by atoms with Crippen LogP contribution in [0.5, 0.6) is 5.88 Å². The van der Waals surface area contributed by atoms with Gasteiger partial charge in [0, 0.05) is 43.4 Å². The molecule has 0 aromatic carbocycles. The average molecular weight is 492 g/mol. The Morgan fingerprint density at radius 1 is 1.08 bits per heavy atom. The van der Waals surface area contributed by atoms with Gasteiger partial charge in [0.05, 0.1) is 11.9 Å². The second-order valence-electron chi connectivity index (χ2n) is 10.3. The quantitative estimate of drug-likeness (QED) is 0.568. The number of amides is 2. The standard InChI is InChI=1S/C26H33N7O3/c34-23-26(9-10-27-23)15-18-16-29-25(31-22(18)33(24(26)35)20-5-1-2-6-20)30-19-7-8-21(28-17-19)36-14-13-32-11-3-4-12-32/h7-8,16-17,20H,1-6,9-15H2,(H,27,34)(H,29,30,31). The first-order valence-corrected chi connectivity index (χ1v) is 13.2. The van der Waals surface area contributed by atoms with E-state index in [1.165, 1.54) is 12.8 Å². The normalized spacial score (nSPS) is 24.4. The summed E-state index contributed by atoms with van der Waals surface area (Å²) in [5, 5.41) is 6.08. The number of carbonyl (C=O) groups is 2. The Morgan fingerprint density at radius 3 is 2.64 bits per heavy atom. The maximum absolute atomic E-state index is 13.7. The Balaban J connectivity index is 1.18. The van der Waals surface area contributed by atoms with Crippen LogP contribution in [0.1, 0.15) is 50.5 Å². The monoisotopic (exact) mass is 491 g/mol. The SMILES string of the molecule is O=C1NCCC12Cc1cnc(Nc3ccc(OCCN4CCCC4)nc3)nc1N(C1CCCC1)C2=O. The van der Waals surface area contributed by atoms with Crippen molar-refractivity contribution in [2.24, 2.45) is 5.41 Å². The minimum Gasteiger partial charge on any atom is -0.476 e. The number of ether oxygens (including phenoxy) is 1. The number of likely N-dealkylation sites (tertiary alicyclic amines) is 1. The van der Waals surface area contributed by atoms with E-state index >= 15 is 0 Å². The number of anilines is 3. The van der Waals surface area contributed by atoms with Gasteiger partial charge in [0.15, 0.2) is 0 Å². The minimum atomic E-state index is -1.03. The van der Waals surface area contributed by atoms with Crippen molar-refractivity contribution in [1.29, 1.82) is 0 Å². The Labute approximate surface area is 210 Å². The highest BCUT2D eigenvalue weighted by Gasteiger charge is 2.56. The van der Waals surface area contributed by atoms with E-state index in [9.17, 15) is 9.59 Å². The molecule has 1 saturated carbocycles. The van der Waals surface area contributed by atoms with Crippen LogP contribution in [0.15, 0.2) is 24.5 Å². The van der Waals surface area contributed by atoms with Gasteiger partial charge < -0.3 is 15.4 Å². The molecule has 2 aromatic heterocycles. The van der Waals surface area contributed by atoms with E-state index in [1.54, 1.807) is 17.3 Å². The van der Waals surface area contributed by atoms with Crippen molar-refractivity contribution in [1.82, 2.24) is 25.2 Å². The van der Waals surface area contributed by atoms with Crippen LogP contribution >= 0.6 is 0 Å². The number of fused-ring (bicyclic) bond motifs is 1. The lowest BCUT2D eigenvalue weighted by Gasteiger charge is -2.40. The molecule has 4 aliphatic rings. The smallest absolute Gasteiger partial charge is 0.244 e. The van der Waals surface area contributed by atoms with Crippen molar-refractivity contribution in [3.63, 3.8) is 0 Å². The molecule has 10 nitrogen and oxygen atoms in total. The first-order chi connectivity index (χ1) is 17.6. The topological polar surface area (TPSA) is 113 Å². The summed E-state index contributed by atoms with van der Waals surface area (Å²) < 4.78 is 5.80. The highest BCUT2D eigenvalue weighted by molar-refractivity contribution is 6.14. The van der Waals surface area contributed by atoms with Gasteiger partial charge in [0.1, 0.15) is 17.8 Å². The molecule has 5 heterocycles. The van der Waals surface area contributed by atoms with Crippen molar-refractivity contribution in [2.45, 2.75) is 57.4 Å². The van der Waals surface area contributed by atoms with Crippen LogP contribution in [0.25, 0.3) is 0 Å². The number of aromatic nitrogens is 3. The maximum Gasteiger partial charge on any atom is 0.244 e. The summed E-state index contributed by atoms with van der Waals surface area (Å²) in [7, 11) is 0. The van der Waals surface area contributed by atoms with E-state index in [4.69, 9.17) is 9.72 Å². The molecule has 2 amide bonds. The summed E-state index contributed by atoms with van der Waals surface area (Å²) in [4.78, 5) is 44.4. The number of hydrogen-bond donors (Lipinski definition) is 2. The van der Waals surface area contributed by atoms with E-state index < -0.39 is 5.41 Å². The summed E-state index contributed by atoms with van der Waals surface area (Å²) >= 11 is 0. The van der Waals surface area contributed by atoms with Gasteiger partial charge in [-0.05, 0) is 51.3 Å². The van der Waals surface area contributed by atoms with Crippen LogP contribution < -0.4 is 20.3 Å². The second kappa shape index (κ2) is 9.65. The zero-order valence-electron chi connectivity index (χ0n) is 20.5. The molecule has 6 rings (SSSR count). The molecule has 0 bridgehead atoms. The second-order valence-corrected chi connectivity index (χ2v) is 10.3. The Morgan fingerprint density at radius 2 is 1.92 bits per heavy atom. The molecule has 0 radical (unpaired) electrons. The molecule has 1 aliphatic carbocycles. The molecule has 2 saturated heterocycles. The third kappa shape index (κ3) is 4.27. The van der Waals surface area contributed by atoms with Gasteiger partial charge in [0.25, 0.3) is 0 Å². The van der Waals surface area contributed by atoms with E-state index in [0.29, 0.717) is 43.6 Å². The van der Waals surface area contributed by atoms with Crippen LogP contribution in [-0.4, -0.2) is 70.5 Å². The maximum atomic E-state index is 13.7. The molecule has 1 atom stereocenters. The molecule has 3 fully saturated rings. The van der Waals surface area contributed by atoms with Gasteiger partial charge in [-0.3, -0.25) is 19.4 Å². The van der Waals surface area contributed by atoms with Crippen LogP contribution in [-0.2, 0) is 16.0 Å². The van der Waals surface area contributed by atoms with E-state index in [1.807, 2.05) is 12.1 Å². The van der Waals surface area contributed by atoms with E-state index in [-0.39, 0.29) is 17.9 Å². The molecular weight excluding hydrogens is 458 g/mol. The van der Waals surface area contributed by atoms with E-state index in [2.05, 4.69) is 25.5 Å². The number of nitrogens with zero attached hydrogens (tertiary/aromatic N) is 5. The Kier molecular flexibility index (Phi) is 6.20. The molecular formula is C26H33N7O3.